The Hall–Kier alpha value is -2.57. The van der Waals surface area contributed by atoms with E-state index in [0.717, 1.165) is 5.56 Å². The first-order valence-corrected chi connectivity index (χ1v) is 8.06. The molecule has 1 aromatic carbocycles. The van der Waals surface area contributed by atoms with Crippen molar-refractivity contribution < 1.29 is 28.2 Å². The lowest BCUT2D eigenvalue weighted by molar-refractivity contribution is -0.144. The fourth-order valence-corrected chi connectivity index (χ4v) is 2.04. The Morgan fingerprint density at radius 1 is 1.12 bits per heavy atom. The number of amides is 1. The van der Waals surface area contributed by atoms with E-state index in [4.69, 9.17) is 14.2 Å². The molecule has 25 heavy (non-hydrogen) atoms. The van der Waals surface area contributed by atoms with Crippen LogP contribution in [0.5, 0.6) is 0 Å². The average Bonchev–Trinajstić information content (AvgIpc) is 2.59. The highest BCUT2D eigenvalue weighted by Crippen LogP contribution is 2.15. The van der Waals surface area contributed by atoms with Gasteiger partial charge in [-0.15, -0.1) is 0 Å². The van der Waals surface area contributed by atoms with Gasteiger partial charge in [0.05, 0.1) is 19.6 Å². The normalized spacial score (nSPS) is 12.6. The molecule has 0 aliphatic heterocycles. The van der Waals surface area contributed by atoms with Gasteiger partial charge in [0.2, 0.25) is 0 Å². The van der Waals surface area contributed by atoms with E-state index in [9.17, 15) is 14.0 Å². The van der Waals surface area contributed by atoms with Crippen LogP contribution in [0.15, 0.2) is 42.7 Å². The topological polar surface area (TPSA) is 73.9 Å². The van der Waals surface area contributed by atoms with Gasteiger partial charge in [-0.2, -0.15) is 0 Å². The molecule has 0 heterocycles. The summed E-state index contributed by atoms with van der Waals surface area (Å²) in [6.45, 7) is 7.37. The van der Waals surface area contributed by atoms with Crippen LogP contribution in [-0.4, -0.2) is 37.5 Å². The molecule has 0 bridgehead atoms. The van der Waals surface area contributed by atoms with Gasteiger partial charge in [-0.25, -0.2) is 9.18 Å². The standard InChI is InChI=1S/C18H24FNO5/c1-4-23-13(3)17(15(19)11-16(21)24-5-2)20-18(22)25-12-14-9-7-6-8-10-14/h6-10,15,17H,3-5,11-12H2,1-2H3,(H,20,22)/t15?,17-/m1/s1. The molecule has 0 saturated carbocycles. The van der Waals surface area contributed by atoms with Gasteiger partial charge in [0, 0.05) is 0 Å². The van der Waals surface area contributed by atoms with Crippen LogP contribution >= 0.6 is 0 Å². The van der Waals surface area contributed by atoms with Crippen molar-refractivity contribution in [1.82, 2.24) is 5.32 Å². The highest BCUT2D eigenvalue weighted by atomic mass is 19.1. The third kappa shape index (κ3) is 7.69. The van der Waals surface area contributed by atoms with Gasteiger partial charge in [-0.05, 0) is 19.4 Å². The minimum atomic E-state index is -1.75. The molecule has 138 valence electrons. The minimum Gasteiger partial charge on any atom is -0.497 e. The van der Waals surface area contributed by atoms with Gasteiger partial charge in [-0.1, -0.05) is 36.9 Å². The van der Waals surface area contributed by atoms with Crippen molar-refractivity contribution in [3.8, 4) is 0 Å². The van der Waals surface area contributed by atoms with Crippen molar-refractivity contribution in [1.29, 1.82) is 0 Å². The highest BCUT2D eigenvalue weighted by Gasteiger charge is 2.30. The Morgan fingerprint density at radius 3 is 2.36 bits per heavy atom. The molecule has 7 heteroatoms. The van der Waals surface area contributed by atoms with Crippen molar-refractivity contribution in [2.24, 2.45) is 0 Å². The molecule has 1 amide bonds. The molecular weight excluding hydrogens is 329 g/mol. The lowest BCUT2D eigenvalue weighted by atomic mass is 10.1. The van der Waals surface area contributed by atoms with E-state index in [-0.39, 0.29) is 25.6 Å². The Bertz CT molecular complexity index is 564. The zero-order valence-electron chi connectivity index (χ0n) is 14.5. The minimum absolute atomic E-state index is 0.0101. The summed E-state index contributed by atoms with van der Waals surface area (Å²) in [5.74, 6) is -0.695. The van der Waals surface area contributed by atoms with Crippen molar-refractivity contribution in [2.45, 2.75) is 39.1 Å². The summed E-state index contributed by atoms with van der Waals surface area (Å²) in [5.41, 5.74) is 0.793. The van der Waals surface area contributed by atoms with Gasteiger partial charge in [0.25, 0.3) is 0 Å². The maximum Gasteiger partial charge on any atom is 0.408 e. The predicted molar refractivity (Wildman–Crippen MR) is 90.5 cm³/mol. The van der Waals surface area contributed by atoms with Gasteiger partial charge in [0.15, 0.2) is 0 Å². The lowest BCUT2D eigenvalue weighted by Crippen LogP contribution is -2.44. The molecule has 0 aromatic heterocycles. The van der Waals surface area contributed by atoms with Gasteiger partial charge in [0.1, 0.15) is 24.6 Å². The number of halogens is 1. The summed E-state index contributed by atoms with van der Waals surface area (Å²) in [7, 11) is 0. The number of rotatable bonds is 10. The van der Waals surface area contributed by atoms with E-state index in [1.54, 1.807) is 26.0 Å². The van der Waals surface area contributed by atoms with Gasteiger partial charge < -0.3 is 19.5 Å². The number of carbonyl (C=O) groups excluding carboxylic acids is 2. The summed E-state index contributed by atoms with van der Waals surface area (Å²) in [6, 6.07) is 7.84. The predicted octanol–water partition coefficient (Wildman–Crippen LogP) is 3.12. The quantitative estimate of drug-likeness (QED) is 0.517. The van der Waals surface area contributed by atoms with Crippen molar-refractivity contribution in [3.05, 3.63) is 48.2 Å². The van der Waals surface area contributed by atoms with Crippen LogP contribution < -0.4 is 5.32 Å². The largest absolute Gasteiger partial charge is 0.497 e. The van der Waals surface area contributed by atoms with Crippen LogP contribution in [0.1, 0.15) is 25.8 Å². The number of nitrogens with one attached hydrogen (secondary N) is 1. The monoisotopic (exact) mass is 353 g/mol. The van der Waals surface area contributed by atoms with E-state index in [2.05, 4.69) is 11.9 Å². The van der Waals surface area contributed by atoms with Crippen molar-refractivity contribution >= 4 is 12.1 Å². The number of ether oxygens (including phenoxy) is 3. The van der Waals surface area contributed by atoms with Crippen LogP contribution in [0.2, 0.25) is 0 Å². The molecule has 0 saturated heterocycles. The molecular formula is C18H24FNO5. The summed E-state index contributed by atoms with van der Waals surface area (Å²) in [6.07, 6.45) is -3.10. The summed E-state index contributed by atoms with van der Waals surface area (Å²) < 4.78 is 29.4. The molecule has 0 aliphatic rings. The lowest BCUT2D eigenvalue weighted by Gasteiger charge is -2.23. The third-order valence-corrected chi connectivity index (χ3v) is 3.19. The first kappa shape index (κ1) is 20.5. The van der Waals surface area contributed by atoms with E-state index < -0.39 is 30.7 Å². The molecule has 0 spiro atoms. The Kier molecular flexibility index (Phi) is 9.06. The van der Waals surface area contributed by atoms with Gasteiger partial charge in [-0.3, -0.25) is 4.79 Å². The number of hydrogen-bond donors (Lipinski definition) is 1. The summed E-state index contributed by atoms with van der Waals surface area (Å²) in [4.78, 5) is 23.4. The van der Waals surface area contributed by atoms with Crippen LogP contribution in [-0.2, 0) is 25.6 Å². The third-order valence-electron chi connectivity index (χ3n) is 3.19. The molecule has 0 fully saturated rings. The van der Waals surface area contributed by atoms with Crippen LogP contribution in [0.25, 0.3) is 0 Å². The molecule has 1 rings (SSSR count). The zero-order chi connectivity index (χ0) is 18.7. The fraction of sp³-hybridized carbons (Fsp3) is 0.444. The second-order valence-electron chi connectivity index (χ2n) is 5.11. The number of esters is 1. The molecule has 1 N–H and O–H groups in total. The van der Waals surface area contributed by atoms with Crippen LogP contribution in [0.3, 0.4) is 0 Å². The first-order valence-electron chi connectivity index (χ1n) is 8.06. The maximum absolute atomic E-state index is 14.4. The first-order chi connectivity index (χ1) is 12.0. The van der Waals surface area contributed by atoms with Crippen molar-refractivity contribution in [2.75, 3.05) is 13.2 Å². The Morgan fingerprint density at radius 2 is 1.76 bits per heavy atom. The molecule has 2 atom stereocenters. The summed E-state index contributed by atoms with van der Waals surface area (Å²) >= 11 is 0. The molecule has 6 nitrogen and oxygen atoms in total. The average molecular weight is 353 g/mol. The fourth-order valence-electron chi connectivity index (χ4n) is 2.04. The number of benzene rings is 1. The number of carbonyl (C=O) groups is 2. The smallest absolute Gasteiger partial charge is 0.408 e. The van der Waals surface area contributed by atoms with Crippen LogP contribution in [0, 0.1) is 0 Å². The SMILES string of the molecule is C=C(OCC)[C@@H](NC(=O)OCc1ccccc1)C(F)CC(=O)OCC. The second-order valence-corrected chi connectivity index (χ2v) is 5.11. The maximum atomic E-state index is 14.4. The molecule has 1 unspecified atom stereocenters. The number of alkyl halides is 1. The van der Waals surface area contributed by atoms with Crippen LogP contribution in [0.4, 0.5) is 9.18 Å². The number of hydrogen-bond acceptors (Lipinski definition) is 5. The molecule has 1 aromatic rings. The summed E-state index contributed by atoms with van der Waals surface area (Å²) in [5, 5.41) is 2.35. The molecule has 0 radical (unpaired) electrons. The van der Waals surface area contributed by atoms with E-state index in [0.29, 0.717) is 0 Å². The molecule has 0 aliphatic carbocycles. The highest BCUT2D eigenvalue weighted by molar-refractivity contribution is 5.71. The zero-order valence-corrected chi connectivity index (χ0v) is 14.5. The van der Waals surface area contributed by atoms with E-state index in [1.807, 2.05) is 18.2 Å². The Labute approximate surface area is 147 Å². The van der Waals surface area contributed by atoms with Gasteiger partial charge >= 0.3 is 12.1 Å². The van der Waals surface area contributed by atoms with E-state index >= 15 is 0 Å². The van der Waals surface area contributed by atoms with E-state index in [1.165, 1.54) is 0 Å². The Balaban J connectivity index is 2.63. The second kappa shape index (κ2) is 11.1. The van der Waals surface area contributed by atoms with Crippen molar-refractivity contribution in [3.63, 3.8) is 0 Å². The number of alkyl carbamates (subject to hydrolysis) is 1.